The molecule has 2 aliphatic heterocycles. The van der Waals surface area contributed by atoms with Gasteiger partial charge >= 0.3 is 0 Å². The van der Waals surface area contributed by atoms with E-state index in [2.05, 4.69) is 15.0 Å². The number of aromatic nitrogens is 2. The van der Waals surface area contributed by atoms with Crippen LogP contribution < -0.4 is 4.90 Å². The van der Waals surface area contributed by atoms with Crippen molar-refractivity contribution in [3.8, 4) is 0 Å². The van der Waals surface area contributed by atoms with Gasteiger partial charge in [-0.05, 0) is 36.2 Å². The summed E-state index contributed by atoms with van der Waals surface area (Å²) in [4.78, 5) is 35.8. The Morgan fingerprint density at radius 1 is 1.31 bits per heavy atom. The number of aliphatic hydroxyl groups excluding tert-OH is 1. The maximum atomic E-state index is 13.1. The molecule has 0 aliphatic carbocycles. The molecule has 0 saturated heterocycles. The van der Waals surface area contributed by atoms with Crippen LogP contribution in [0.5, 0.6) is 0 Å². The number of aliphatic hydroxyl groups is 1. The fraction of sp³-hybridized carbons (Fsp3) is 0.320. The normalized spacial score (nSPS) is 17.4. The Balaban J connectivity index is 1.51. The molecule has 1 N–H and O–H groups in total. The van der Waals surface area contributed by atoms with Crippen LogP contribution in [-0.4, -0.2) is 44.5 Å². The van der Waals surface area contributed by atoms with Crippen molar-refractivity contribution in [2.45, 2.75) is 38.9 Å². The minimum Gasteiger partial charge on any atom is -0.387 e. The first-order valence-corrected chi connectivity index (χ1v) is 11.5. The molecule has 1 unspecified atom stereocenters. The molecule has 4 heterocycles. The molecule has 2 aromatic heterocycles. The number of rotatable bonds is 5. The predicted molar refractivity (Wildman–Crippen MR) is 130 cm³/mol. The molecular weight excluding hydrogens is 446 g/mol. The number of aryl methyl sites for hydroxylation is 1. The summed E-state index contributed by atoms with van der Waals surface area (Å²) in [5, 5.41) is 14.0. The third-order valence-electron chi connectivity index (χ3n) is 6.72. The van der Waals surface area contributed by atoms with Crippen molar-refractivity contribution < 1.29 is 14.7 Å². The van der Waals surface area contributed by atoms with Crippen molar-refractivity contribution in [2.24, 2.45) is 5.11 Å². The van der Waals surface area contributed by atoms with Crippen molar-refractivity contribution in [3.63, 3.8) is 0 Å². The lowest BCUT2D eigenvalue weighted by atomic mass is 9.96. The Hall–Kier alpha value is -4.14. The molecule has 10 nitrogen and oxygen atoms in total. The van der Waals surface area contributed by atoms with E-state index in [1.807, 2.05) is 54.1 Å². The third-order valence-corrected chi connectivity index (χ3v) is 6.72. The Bertz CT molecular complexity index is 1390. The number of amides is 2. The second-order valence-electron chi connectivity index (χ2n) is 8.83. The molecule has 35 heavy (non-hydrogen) atoms. The molecule has 178 valence electrons. The first-order valence-electron chi connectivity index (χ1n) is 11.5. The van der Waals surface area contributed by atoms with Gasteiger partial charge in [-0.2, -0.15) is 0 Å². The second-order valence-corrected chi connectivity index (χ2v) is 8.83. The van der Waals surface area contributed by atoms with Gasteiger partial charge in [0, 0.05) is 71.5 Å². The summed E-state index contributed by atoms with van der Waals surface area (Å²) >= 11 is 0. The number of fused-ring (bicyclic) bond motifs is 3. The van der Waals surface area contributed by atoms with Crippen LogP contribution in [0.3, 0.4) is 0 Å². The minimum absolute atomic E-state index is 0.0307. The number of hydrogen-bond donors (Lipinski definition) is 1. The van der Waals surface area contributed by atoms with Crippen molar-refractivity contribution >= 4 is 28.4 Å². The van der Waals surface area contributed by atoms with Gasteiger partial charge in [-0.1, -0.05) is 23.3 Å². The van der Waals surface area contributed by atoms with E-state index in [1.165, 1.54) is 0 Å². The molecule has 0 saturated carbocycles. The van der Waals surface area contributed by atoms with Crippen LogP contribution in [0.2, 0.25) is 0 Å². The molecule has 2 amide bonds. The van der Waals surface area contributed by atoms with Gasteiger partial charge in [-0.25, -0.2) is 0 Å². The molecule has 10 heteroatoms. The highest BCUT2D eigenvalue weighted by molar-refractivity contribution is 5.99. The number of anilines is 1. The molecule has 3 aromatic rings. The van der Waals surface area contributed by atoms with Gasteiger partial charge in [0.25, 0.3) is 0 Å². The number of nitrogens with zero attached hydrogens (tertiary/aromatic N) is 7. The monoisotopic (exact) mass is 471 g/mol. The highest BCUT2D eigenvalue weighted by Gasteiger charge is 2.28. The van der Waals surface area contributed by atoms with E-state index in [4.69, 9.17) is 5.53 Å². The molecule has 0 fully saturated rings. The first kappa shape index (κ1) is 22.6. The van der Waals surface area contributed by atoms with Gasteiger partial charge in [0.1, 0.15) is 13.3 Å². The fourth-order valence-electron chi connectivity index (χ4n) is 4.91. The van der Waals surface area contributed by atoms with Crippen LogP contribution in [0, 0.1) is 6.92 Å². The molecule has 5 rings (SSSR count). The second kappa shape index (κ2) is 9.25. The average Bonchev–Trinajstić information content (AvgIpc) is 3.19. The third kappa shape index (κ3) is 4.14. The summed E-state index contributed by atoms with van der Waals surface area (Å²) in [5.74, 6) is -0.416. The lowest BCUT2D eigenvalue weighted by molar-refractivity contribution is -0.135. The fourth-order valence-corrected chi connectivity index (χ4v) is 4.91. The maximum absolute atomic E-state index is 13.1. The van der Waals surface area contributed by atoms with Gasteiger partial charge in [-0.15, -0.1) is 0 Å². The number of allylic oxidation sites excluding steroid dienone is 1. The smallest absolute Gasteiger partial charge is 0.248 e. The topological polar surface area (TPSA) is 127 Å². The molecule has 0 bridgehead atoms. The molecule has 1 atom stereocenters. The van der Waals surface area contributed by atoms with Crippen molar-refractivity contribution in [1.82, 2.24) is 14.5 Å². The van der Waals surface area contributed by atoms with Crippen LogP contribution in [0.4, 0.5) is 5.69 Å². The summed E-state index contributed by atoms with van der Waals surface area (Å²) < 4.78 is 1.95. The van der Waals surface area contributed by atoms with E-state index in [1.54, 1.807) is 16.0 Å². The zero-order valence-electron chi connectivity index (χ0n) is 19.3. The zero-order valence-corrected chi connectivity index (χ0v) is 19.3. The summed E-state index contributed by atoms with van der Waals surface area (Å²) in [6, 6.07) is 9.70. The molecular formula is C25H25N7O3. The highest BCUT2D eigenvalue weighted by atomic mass is 16.3. The molecule has 1 aromatic carbocycles. The average molecular weight is 472 g/mol. The quantitative estimate of drug-likeness (QED) is 0.347. The summed E-state index contributed by atoms with van der Waals surface area (Å²) in [6.45, 7) is 2.42. The lowest BCUT2D eigenvalue weighted by Gasteiger charge is -2.27. The Labute approximate surface area is 201 Å². The summed E-state index contributed by atoms with van der Waals surface area (Å²) in [5.41, 5.74) is 14.4. The number of carbonyl (C=O) groups excluding carboxylic acids is 2. The lowest BCUT2D eigenvalue weighted by Crippen LogP contribution is -2.37. The van der Waals surface area contributed by atoms with E-state index in [0.717, 1.165) is 39.1 Å². The molecule has 0 radical (unpaired) electrons. The van der Waals surface area contributed by atoms with Crippen molar-refractivity contribution in [1.29, 1.82) is 0 Å². The Morgan fingerprint density at radius 2 is 2.17 bits per heavy atom. The number of benzene rings is 1. The van der Waals surface area contributed by atoms with Gasteiger partial charge in [-0.3, -0.25) is 19.5 Å². The standard InChI is InChI=1S/C25H25N7O3/c1-16-2-5-21(27-12-16)17-6-9-31(24(34)10-17)18-3-4-19-20-13-30(25(35)14-33)8-7-22(20)32(15-28-29-26)23(19)11-18/h2-6,9,11-12,17,33H,7-8,10,13-15H2,1H3. The SMILES string of the molecule is Cc1ccc(C2C=CN(c3ccc4c5c(n(CN=[N+]=[N-])c4c3)CCN(C(=O)CO)C5)C(=O)C2)nc1. The van der Waals surface area contributed by atoms with Crippen LogP contribution in [0.15, 0.2) is 53.9 Å². The van der Waals surface area contributed by atoms with E-state index >= 15 is 0 Å². The number of pyridine rings is 1. The maximum Gasteiger partial charge on any atom is 0.248 e. The van der Waals surface area contributed by atoms with E-state index in [9.17, 15) is 14.7 Å². The zero-order chi connectivity index (χ0) is 24.5. The van der Waals surface area contributed by atoms with Crippen LogP contribution in [-0.2, 0) is 29.2 Å². The number of hydrogen-bond acceptors (Lipinski definition) is 5. The predicted octanol–water partition coefficient (Wildman–Crippen LogP) is 3.52. The number of carbonyl (C=O) groups is 2. The van der Waals surface area contributed by atoms with Gasteiger partial charge < -0.3 is 14.6 Å². The Kier molecular flexibility index (Phi) is 5.98. The van der Waals surface area contributed by atoms with Gasteiger partial charge in [0.2, 0.25) is 11.8 Å². The van der Waals surface area contributed by atoms with Gasteiger partial charge in [0.15, 0.2) is 0 Å². The molecule has 2 aliphatic rings. The highest BCUT2D eigenvalue weighted by Crippen LogP contribution is 2.35. The van der Waals surface area contributed by atoms with Crippen LogP contribution in [0.1, 0.15) is 34.9 Å². The minimum atomic E-state index is -0.528. The van der Waals surface area contributed by atoms with E-state index in [0.29, 0.717) is 25.9 Å². The van der Waals surface area contributed by atoms with Crippen molar-refractivity contribution in [3.05, 3.63) is 81.8 Å². The van der Waals surface area contributed by atoms with Crippen molar-refractivity contribution in [2.75, 3.05) is 18.1 Å². The number of azide groups is 1. The first-order chi connectivity index (χ1) is 17.0. The van der Waals surface area contributed by atoms with Crippen LogP contribution in [0.25, 0.3) is 21.3 Å². The van der Waals surface area contributed by atoms with Gasteiger partial charge in [0.05, 0.1) is 11.2 Å². The summed E-state index contributed by atoms with van der Waals surface area (Å²) in [7, 11) is 0. The largest absolute Gasteiger partial charge is 0.387 e. The van der Waals surface area contributed by atoms with Crippen LogP contribution >= 0.6 is 0 Å². The van der Waals surface area contributed by atoms with E-state index in [-0.39, 0.29) is 24.4 Å². The summed E-state index contributed by atoms with van der Waals surface area (Å²) in [6.07, 6.45) is 6.49. The van der Waals surface area contributed by atoms with E-state index < -0.39 is 6.61 Å². The Morgan fingerprint density at radius 3 is 2.89 bits per heavy atom. The molecule has 0 spiro atoms.